The molecule has 128 valence electrons. The van der Waals surface area contributed by atoms with Crippen LogP contribution >= 0.6 is 24.0 Å². The smallest absolute Gasteiger partial charge is 0.223 e. The minimum atomic E-state index is 0. The maximum absolute atomic E-state index is 11.5. The van der Waals surface area contributed by atoms with Gasteiger partial charge in [0.2, 0.25) is 5.91 Å². The number of amides is 1. The van der Waals surface area contributed by atoms with Crippen molar-refractivity contribution in [2.24, 2.45) is 10.9 Å². The second-order valence-corrected chi connectivity index (χ2v) is 5.76. The van der Waals surface area contributed by atoms with Gasteiger partial charge in [0.05, 0.1) is 0 Å². The van der Waals surface area contributed by atoms with Crippen LogP contribution in [0.2, 0.25) is 0 Å². The largest absolute Gasteiger partial charge is 0.356 e. The van der Waals surface area contributed by atoms with Crippen LogP contribution in [0.25, 0.3) is 0 Å². The number of benzene rings is 1. The Morgan fingerprint density at radius 1 is 1.17 bits per heavy atom. The fraction of sp³-hybridized carbons (Fsp3) is 0.529. The Balaban J connectivity index is 0.00000264. The normalized spacial score (nSPS) is 15.3. The SMILES string of the molecule is CN=C(NCCNC(=O)C1CC1)NCC(C)c1ccccc1.I. The lowest BCUT2D eigenvalue weighted by atomic mass is 10.0. The first-order valence-electron chi connectivity index (χ1n) is 7.98. The summed E-state index contributed by atoms with van der Waals surface area (Å²) in [6, 6.07) is 10.4. The summed E-state index contributed by atoms with van der Waals surface area (Å²) in [5.41, 5.74) is 1.31. The highest BCUT2D eigenvalue weighted by Crippen LogP contribution is 2.28. The van der Waals surface area contributed by atoms with Gasteiger partial charge in [-0.05, 0) is 24.3 Å². The number of halogens is 1. The van der Waals surface area contributed by atoms with Crippen LogP contribution in [0.3, 0.4) is 0 Å². The summed E-state index contributed by atoms with van der Waals surface area (Å²) in [4.78, 5) is 15.7. The molecule has 2 rings (SSSR count). The second kappa shape index (κ2) is 10.5. The van der Waals surface area contributed by atoms with E-state index in [2.05, 4.69) is 52.1 Å². The lowest BCUT2D eigenvalue weighted by molar-refractivity contribution is -0.122. The van der Waals surface area contributed by atoms with E-state index >= 15 is 0 Å². The topological polar surface area (TPSA) is 65.5 Å². The van der Waals surface area contributed by atoms with Crippen molar-refractivity contribution < 1.29 is 4.79 Å². The maximum atomic E-state index is 11.5. The summed E-state index contributed by atoms with van der Waals surface area (Å²) < 4.78 is 0. The third kappa shape index (κ3) is 7.20. The molecule has 0 aliphatic heterocycles. The molecular formula is C17H27IN4O. The molecular weight excluding hydrogens is 403 g/mol. The van der Waals surface area contributed by atoms with Gasteiger partial charge in [0.1, 0.15) is 0 Å². The van der Waals surface area contributed by atoms with E-state index in [-0.39, 0.29) is 35.8 Å². The van der Waals surface area contributed by atoms with E-state index in [4.69, 9.17) is 0 Å². The van der Waals surface area contributed by atoms with E-state index in [9.17, 15) is 4.79 Å². The Kier molecular flexibility index (Phi) is 8.98. The number of carbonyl (C=O) groups excluding carboxylic acids is 1. The van der Waals surface area contributed by atoms with E-state index in [1.165, 1.54) is 5.56 Å². The van der Waals surface area contributed by atoms with Crippen LogP contribution in [0.4, 0.5) is 0 Å². The van der Waals surface area contributed by atoms with Gasteiger partial charge in [0.25, 0.3) is 0 Å². The van der Waals surface area contributed by atoms with Crippen LogP contribution in [0.5, 0.6) is 0 Å². The molecule has 1 unspecified atom stereocenters. The molecule has 0 saturated heterocycles. The molecule has 5 nitrogen and oxygen atoms in total. The third-order valence-corrected chi connectivity index (χ3v) is 3.83. The van der Waals surface area contributed by atoms with E-state index in [1.54, 1.807) is 7.05 Å². The van der Waals surface area contributed by atoms with Crippen LogP contribution < -0.4 is 16.0 Å². The van der Waals surface area contributed by atoms with Crippen molar-refractivity contribution in [2.75, 3.05) is 26.7 Å². The summed E-state index contributed by atoms with van der Waals surface area (Å²) in [5, 5.41) is 9.46. The predicted molar refractivity (Wildman–Crippen MR) is 105 cm³/mol. The number of nitrogens with zero attached hydrogens (tertiary/aromatic N) is 1. The van der Waals surface area contributed by atoms with Crippen LogP contribution in [0, 0.1) is 5.92 Å². The van der Waals surface area contributed by atoms with Crippen molar-refractivity contribution in [1.82, 2.24) is 16.0 Å². The Bertz CT molecular complexity index is 503. The van der Waals surface area contributed by atoms with Gasteiger partial charge in [-0.3, -0.25) is 9.79 Å². The second-order valence-electron chi connectivity index (χ2n) is 5.76. The summed E-state index contributed by atoms with van der Waals surface area (Å²) >= 11 is 0. The zero-order valence-electron chi connectivity index (χ0n) is 13.8. The van der Waals surface area contributed by atoms with Crippen molar-refractivity contribution in [1.29, 1.82) is 0 Å². The lowest BCUT2D eigenvalue weighted by Gasteiger charge is -2.16. The van der Waals surface area contributed by atoms with E-state index in [0.717, 1.165) is 25.3 Å². The Morgan fingerprint density at radius 3 is 2.43 bits per heavy atom. The molecule has 3 N–H and O–H groups in total. The Labute approximate surface area is 155 Å². The van der Waals surface area contributed by atoms with Gasteiger partial charge in [-0.1, -0.05) is 37.3 Å². The predicted octanol–water partition coefficient (Wildman–Crippen LogP) is 2.10. The third-order valence-electron chi connectivity index (χ3n) is 3.83. The molecule has 0 heterocycles. The first-order chi connectivity index (χ1) is 10.7. The molecule has 1 aliphatic rings. The van der Waals surface area contributed by atoms with Crippen molar-refractivity contribution in [3.8, 4) is 0 Å². The van der Waals surface area contributed by atoms with Crippen LogP contribution in [0.15, 0.2) is 35.3 Å². The first kappa shape index (κ1) is 19.7. The number of nitrogens with one attached hydrogen (secondary N) is 3. The standard InChI is InChI=1S/C17H26N4O.HI/c1-13(14-6-4-3-5-7-14)12-21-17(18-2)20-11-10-19-16(22)15-8-9-15;/h3-7,13,15H,8-12H2,1-2H3,(H,19,22)(H2,18,20,21);1H. The monoisotopic (exact) mass is 430 g/mol. The summed E-state index contributed by atoms with van der Waals surface area (Å²) in [7, 11) is 1.76. The molecule has 1 atom stereocenters. The molecule has 1 fully saturated rings. The molecule has 23 heavy (non-hydrogen) atoms. The molecule has 1 saturated carbocycles. The Morgan fingerprint density at radius 2 is 1.83 bits per heavy atom. The quantitative estimate of drug-likeness (QED) is 0.269. The average molecular weight is 430 g/mol. The zero-order valence-corrected chi connectivity index (χ0v) is 16.2. The fourth-order valence-corrected chi connectivity index (χ4v) is 2.23. The molecule has 1 aromatic carbocycles. The van der Waals surface area contributed by atoms with Crippen LogP contribution in [-0.2, 0) is 4.79 Å². The van der Waals surface area contributed by atoms with Crippen molar-refractivity contribution in [3.05, 3.63) is 35.9 Å². The average Bonchev–Trinajstić information content (AvgIpc) is 3.39. The van der Waals surface area contributed by atoms with Gasteiger partial charge in [-0.15, -0.1) is 24.0 Å². The Hall–Kier alpha value is -1.31. The van der Waals surface area contributed by atoms with E-state index in [0.29, 0.717) is 19.0 Å². The first-order valence-corrected chi connectivity index (χ1v) is 7.98. The molecule has 0 spiro atoms. The summed E-state index contributed by atoms with van der Waals surface area (Å²) in [5.74, 6) is 1.63. The van der Waals surface area contributed by atoms with Gasteiger partial charge in [0, 0.05) is 32.6 Å². The maximum Gasteiger partial charge on any atom is 0.223 e. The fourth-order valence-electron chi connectivity index (χ4n) is 2.23. The number of hydrogen-bond acceptors (Lipinski definition) is 2. The molecule has 0 bridgehead atoms. The van der Waals surface area contributed by atoms with Gasteiger partial charge < -0.3 is 16.0 Å². The number of aliphatic imine (C=N–C) groups is 1. The van der Waals surface area contributed by atoms with E-state index < -0.39 is 0 Å². The summed E-state index contributed by atoms with van der Waals surface area (Å²) in [6.07, 6.45) is 2.08. The van der Waals surface area contributed by atoms with Gasteiger partial charge >= 0.3 is 0 Å². The minimum absolute atomic E-state index is 0. The molecule has 1 amide bonds. The van der Waals surface area contributed by atoms with Crippen molar-refractivity contribution in [2.45, 2.75) is 25.7 Å². The highest BCUT2D eigenvalue weighted by Gasteiger charge is 2.28. The number of rotatable bonds is 7. The van der Waals surface area contributed by atoms with Gasteiger partial charge in [-0.25, -0.2) is 0 Å². The highest BCUT2D eigenvalue weighted by atomic mass is 127. The zero-order chi connectivity index (χ0) is 15.8. The number of hydrogen-bond donors (Lipinski definition) is 3. The molecule has 0 aromatic heterocycles. The molecule has 6 heteroatoms. The summed E-state index contributed by atoms with van der Waals surface area (Å²) in [6.45, 7) is 4.31. The lowest BCUT2D eigenvalue weighted by Crippen LogP contribution is -2.42. The van der Waals surface area contributed by atoms with Crippen molar-refractivity contribution in [3.63, 3.8) is 0 Å². The van der Waals surface area contributed by atoms with Crippen LogP contribution in [-0.4, -0.2) is 38.5 Å². The number of carbonyl (C=O) groups is 1. The molecule has 1 aromatic rings. The molecule has 0 radical (unpaired) electrons. The van der Waals surface area contributed by atoms with Gasteiger partial charge in [0.15, 0.2) is 5.96 Å². The van der Waals surface area contributed by atoms with Gasteiger partial charge in [-0.2, -0.15) is 0 Å². The van der Waals surface area contributed by atoms with Crippen molar-refractivity contribution >= 4 is 35.8 Å². The highest BCUT2D eigenvalue weighted by molar-refractivity contribution is 14.0. The minimum Gasteiger partial charge on any atom is -0.356 e. The van der Waals surface area contributed by atoms with E-state index in [1.807, 2.05) is 6.07 Å². The number of guanidine groups is 1. The van der Waals surface area contributed by atoms with Crippen LogP contribution in [0.1, 0.15) is 31.2 Å². The molecule has 1 aliphatic carbocycles.